The van der Waals surface area contributed by atoms with Crippen molar-refractivity contribution in [2.24, 2.45) is 0 Å². The van der Waals surface area contributed by atoms with Gasteiger partial charge in [0.2, 0.25) is 5.91 Å². The van der Waals surface area contributed by atoms with Gasteiger partial charge in [-0.15, -0.1) is 5.10 Å². The Morgan fingerprint density at radius 2 is 2.14 bits per heavy atom. The second kappa shape index (κ2) is 6.36. The quantitative estimate of drug-likeness (QED) is 0.717. The lowest BCUT2D eigenvalue weighted by atomic mass is 10.2. The molecule has 0 unspecified atom stereocenters. The van der Waals surface area contributed by atoms with Crippen LogP contribution in [-0.2, 0) is 24.4 Å². The average molecular weight is 287 g/mol. The van der Waals surface area contributed by atoms with Gasteiger partial charge in [-0.05, 0) is 6.07 Å². The lowest BCUT2D eigenvalue weighted by Gasteiger charge is -2.12. The molecule has 2 heterocycles. The van der Waals surface area contributed by atoms with Crippen molar-refractivity contribution in [3.05, 3.63) is 41.7 Å². The third-order valence-corrected chi connectivity index (χ3v) is 3.17. The fourth-order valence-corrected chi connectivity index (χ4v) is 2.17. The molecule has 2 aromatic rings. The van der Waals surface area contributed by atoms with Crippen LogP contribution < -0.4 is 15.4 Å². The maximum atomic E-state index is 11.7. The number of para-hydroxylation sites is 1. The lowest BCUT2D eigenvalue weighted by Crippen LogP contribution is -2.31. The summed E-state index contributed by atoms with van der Waals surface area (Å²) in [5.74, 6) is 0.730. The topological polar surface area (TPSA) is 81.1 Å². The Hall–Kier alpha value is -2.41. The van der Waals surface area contributed by atoms with E-state index in [1.165, 1.54) is 4.68 Å². The molecule has 0 spiro atoms. The molecule has 110 valence electrons. The molecule has 0 saturated carbocycles. The van der Waals surface area contributed by atoms with Crippen LogP contribution in [0.15, 0.2) is 30.5 Å². The molecule has 0 atom stereocenters. The SMILES string of the molecule is O=C1Cn2cc(nn2)CNCc2ccccc2OCCN1. The number of fused-ring (bicyclic) bond motifs is 3. The first kappa shape index (κ1) is 13.6. The first-order valence-corrected chi connectivity index (χ1v) is 6.88. The van der Waals surface area contributed by atoms with Crippen molar-refractivity contribution in [1.82, 2.24) is 25.6 Å². The third kappa shape index (κ3) is 3.57. The fraction of sp³-hybridized carbons (Fsp3) is 0.357. The van der Waals surface area contributed by atoms with E-state index in [9.17, 15) is 4.79 Å². The van der Waals surface area contributed by atoms with E-state index in [0.717, 1.165) is 17.0 Å². The van der Waals surface area contributed by atoms with E-state index in [1.807, 2.05) is 24.3 Å². The Balaban J connectivity index is 1.76. The highest BCUT2D eigenvalue weighted by Crippen LogP contribution is 2.17. The molecule has 0 aliphatic carbocycles. The molecule has 1 aliphatic heterocycles. The van der Waals surface area contributed by atoms with E-state index in [2.05, 4.69) is 20.9 Å². The van der Waals surface area contributed by atoms with Crippen molar-refractivity contribution in [1.29, 1.82) is 0 Å². The number of benzene rings is 1. The van der Waals surface area contributed by atoms with E-state index >= 15 is 0 Å². The second-order valence-electron chi connectivity index (χ2n) is 4.82. The summed E-state index contributed by atoms with van der Waals surface area (Å²) in [5, 5.41) is 14.1. The molecule has 0 saturated heterocycles. The van der Waals surface area contributed by atoms with Crippen molar-refractivity contribution in [3.8, 4) is 5.75 Å². The molecule has 1 aromatic carbocycles. The number of amides is 1. The zero-order valence-electron chi connectivity index (χ0n) is 11.6. The highest BCUT2D eigenvalue weighted by molar-refractivity contribution is 5.75. The Bertz CT molecular complexity index is 625. The number of ether oxygens (including phenoxy) is 1. The number of nitrogens with one attached hydrogen (secondary N) is 2. The lowest BCUT2D eigenvalue weighted by molar-refractivity contribution is -0.121. The Labute approximate surface area is 122 Å². The van der Waals surface area contributed by atoms with Gasteiger partial charge >= 0.3 is 0 Å². The van der Waals surface area contributed by atoms with Gasteiger partial charge in [-0.2, -0.15) is 0 Å². The van der Waals surface area contributed by atoms with E-state index < -0.39 is 0 Å². The van der Waals surface area contributed by atoms with Gasteiger partial charge in [0.05, 0.1) is 18.4 Å². The van der Waals surface area contributed by atoms with Gasteiger partial charge in [-0.1, -0.05) is 23.4 Å². The zero-order chi connectivity index (χ0) is 14.5. The number of carbonyl (C=O) groups is 1. The summed E-state index contributed by atoms with van der Waals surface area (Å²) < 4.78 is 7.25. The van der Waals surface area contributed by atoms with Gasteiger partial charge in [0.25, 0.3) is 0 Å². The van der Waals surface area contributed by atoms with Crippen LogP contribution in [0.2, 0.25) is 0 Å². The van der Waals surface area contributed by atoms with Crippen molar-refractivity contribution >= 4 is 5.91 Å². The predicted octanol–water partition coefficient (Wildman–Crippen LogP) is 0.0765. The summed E-state index contributed by atoms with van der Waals surface area (Å²) in [5.41, 5.74) is 1.88. The minimum atomic E-state index is -0.103. The summed E-state index contributed by atoms with van der Waals surface area (Å²) in [7, 11) is 0. The number of aromatic nitrogens is 3. The maximum Gasteiger partial charge on any atom is 0.241 e. The summed E-state index contributed by atoms with van der Waals surface area (Å²) in [6.45, 7) is 2.35. The van der Waals surface area contributed by atoms with Gasteiger partial charge < -0.3 is 15.4 Å². The molecule has 2 bridgehead atoms. The molecule has 1 aromatic heterocycles. The molecule has 3 rings (SSSR count). The molecular weight excluding hydrogens is 270 g/mol. The van der Waals surface area contributed by atoms with Crippen LogP contribution in [0.4, 0.5) is 0 Å². The zero-order valence-corrected chi connectivity index (χ0v) is 11.6. The Kier molecular flexibility index (Phi) is 4.11. The number of rotatable bonds is 0. The van der Waals surface area contributed by atoms with Crippen LogP contribution in [0.1, 0.15) is 11.3 Å². The molecule has 1 amide bonds. The Morgan fingerprint density at radius 3 is 3.10 bits per heavy atom. The highest BCUT2D eigenvalue weighted by atomic mass is 16.5. The summed E-state index contributed by atoms with van der Waals surface area (Å²) in [6.07, 6.45) is 1.78. The molecule has 2 N–H and O–H groups in total. The minimum absolute atomic E-state index is 0.103. The fourth-order valence-electron chi connectivity index (χ4n) is 2.17. The van der Waals surface area contributed by atoms with Gasteiger partial charge in [-0.25, -0.2) is 4.68 Å². The molecule has 0 radical (unpaired) electrons. The van der Waals surface area contributed by atoms with Gasteiger partial charge in [0.15, 0.2) is 0 Å². The third-order valence-electron chi connectivity index (χ3n) is 3.17. The van der Waals surface area contributed by atoms with E-state index in [0.29, 0.717) is 26.2 Å². The number of carbonyl (C=O) groups excluding carboxylic acids is 1. The monoisotopic (exact) mass is 287 g/mol. The smallest absolute Gasteiger partial charge is 0.241 e. The second-order valence-corrected chi connectivity index (χ2v) is 4.82. The van der Waals surface area contributed by atoms with E-state index in [4.69, 9.17) is 4.74 Å². The van der Waals surface area contributed by atoms with Crippen LogP contribution in [0, 0.1) is 0 Å². The minimum Gasteiger partial charge on any atom is -0.491 e. The maximum absolute atomic E-state index is 11.7. The number of nitrogens with zero attached hydrogens (tertiary/aromatic N) is 3. The van der Waals surface area contributed by atoms with Crippen LogP contribution in [0.3, 0.4) is 0 Å². The molecule has 7 nitrogen and oxygen atoms in total. The van der Waals surface area contributed by atoms with E-state index in [1.54, 1.807) is 6.20 Å². The van der Waals surface area contributed by atoms with E-state index in [-0.39, 0.29) is 12.5 Å². The standard InChI is InChI=1S/C14H17N5O2/c20-14-10-19-9-12(17-18-19)8-15-7-11-3-1-2-4-13(11)21-6-5-16-14/h1-4,9,15H,5-8,10H2,(H,16,20). The van der Waals surface area contributed by atoms with Crippen LogP contribution in [0.25, 0.3) is 0 Å². The molecule has 7 heteroatoms. The average Bonchev–Trinajstić information content (AvgIpc) is 2.91. The largest absolute Gasteiger partial charge is 0.491 e. The van der Waals surface area contributed by atoms with Gasteiger partial charge in [0, 0.05) is 18.7 Å². The molecule has 0 fully saturated rings. The molecule has 21 heavy (non-hydrogen) atoms. The highest BCUT2D eigenvalue weighted by Gasteiger charge is 2.08. The summed E-state index contributed by atoms with van der Waals surface area (Å²) >= 11 is 0. The van der Waals surface area contributed by atoms with Crippen LogP contribution >= 0.6 is 0 Å². The first-order valence-electron chi connectivity index (χ1n) is 6.88. The van der Waals surface area contributed by atoms with Crippen molar-refractivity contribution in [2.75, 3.05) is 13.2 Å². The van der Waals surface area contributed by atoms with Crippen molar-refractivity contribution in [2.45, 2.75) is 19.6 Å². The van der Waals surface area contributed by atoms with Gasteiger partial charge in [0.1, 0.15) is 18.9 Å². The number of hydrogen-bond donors (Lipinski definition) is 2. The van der Waals surface area contributed by atoms with Gasteiger partial charge in [-0.3, -0.25) is 4.79 Å². The van der Waals surface area contributed by atoms with Crippen LogP contribution in [0.5, 0.6) is 5.75 Å². The van der Waals surface area contributed by atoms with Crippen LogP contribution in [-0.4, -0.2) is 34.1 Å². The summed E-state index contributed by atoms with van der Waals surface area (Å²) in [6, 6.07) is 7.86. The molecular formula is C14H17N5O2. The first-order chi connectivity index (χ1) is 10.3. The van der Waals surface area contributed by atoms with Crippen molar-refractivity contribution in [3.63, 3.8) is 0 Å². The predicted molar refractivity (Wildman–Crippen MR) is 75.5 cm³/mol. The molecule has 1 aliphatic rings. The summed E-state index contributed by atoms with van der Waals surface area (Å²) in [4.78, 5) is 11.7. The van der Waals surface area contributed by atoms with Crippen molar-refractivity contribution < 1.29 is 9.53 Å². The Morgan fingerprint density at radius 1 is 1.24 bits per heavy atom. The number of hydrogen-bond acceptors (Lipinski definition) is 5. The normalized spacial score (nSPS) is 16.3.